The number of rotatable bonds is 3. The van der Waals surface area contributed by atoms with Gasteiger partial charge in [0.25, 0.3) is 0 Å². The third kappa shape index (κ3) is 3.59. The third-order valence-corrected chi connectivity index (χ3v) is 4.12. The van der Waals surface area contributed by atoms with E-state index in [9.17, 15) is 0 Å². The summed E-state index contributed by atoms with van der Waals surface area (Å²) in [7, 11) is 0. The van der Waals surface area contributed by atoms with E-state index in [1.54, 1.807) is 0 Å². The molecular formula is C16H17BrClN. The van der Waals surface area contributed by atoms with E-state index in [1.165, 1.54) is 16.7 Å². The number of benzene rings is 2. The van der Waals surface area contributed by atoms with Gasteiger partial charge in [-0.05, 0) is 60.7 Å². The fraction of sp³-hybridized carbons (Fsp3) is 0.250. The molecule has 0 bridgehead atoms. The van der Waals surface area contributed by atoms with Crippen molar-refractivity contribution in [3.05, 3.63) is 68.1 Å². The highest BCUT2D eigenvalue weighted by Gasteiger charge is 2.12. The molecule has 0 saturated heterocycles. The molecule has 100 valence electrons. The van der Waals surface area contributed by atoms with E-state index in [1.807, 2.05) is 19.1 Å². The number of aryl methyl sites for hydroxylation is 2. The molecule has 2 aromatic carbocycles. The Morgan fingerprint density at radius 1 is 1.16 bits per heavy atom. The summed E-state index contributed by atoms with van der Waals surface area (Å²) in [6.45, 7) is 4.12. The van der Waals surface area contributed by atoms with Gasteiger partial charge in [0.2, 0.25) is 0 Å². The van der Waals surface area contributed by atoms with Gasteiger partial charge in [-0.25, -0.2) is 0 Å². The molecule has 3 heteroatoms. The normalized spacial score (nSPS) is 12.5. The minimum absolute atomic E-state index is 0.0340. The SMILES string of the molecule is Cc1ccc(CC(N)c2ccc(Br)cc2C)c(Cl)c1. The molecule has 0 aliphatic rings. The molecule has 0 saturated carbocycles. The van der Waals surface area contributed by atoms with E-state index in [0.717, 1.165) is 21.5 Å². The number of hydrogen-bond donors (Lipinski definition) is 1. The molecule has 2 aromatic rings. The minimum Gasteiger partial charge on any atom is -0.324 e. The highest BCUT2D eigenvalue weighted by atomic mass is 79.9. The Morgan fingerprint density at radius 2 is 1.89 bits per heavy atom. The predicted octanol–water partition coefficient (Wildman–Crippen LogP) is 4.96. The van der Waals surface area contributed by atoms with Crippen LogP contribution < -0.4 is 5.73 Å². The molecule has 1 unspecified atom stereocenters. The fourth-order valence-corrected chi connectivity index (χ4v) is 3.01. The summed E-state index contributed by atoms with van der Waals surface area (Å²) >= 11 is 9.73. The Bertz CT molecular complexity index is 595. The van der Waals surface area contributed by atoms with Crippen molar-refractivity contribution < 1.29 is 0 Å². The van der Waals surface area contributed by atoms with Crippen LogP contribution in [0.15, 0.2) is 40.9 Å². The van der Waals surface area contributed by atoms with Gasteiger partial charge in [0.1, 0.15) is 0 Å². The molecule has 0 fully saturated rings. The van der Waals surface area contributed by atoms with Gasteiger partial charge in [0.15, 0.2) is 0 Å². The average Bonchev–Trinajstić information content (AvgIpc) is 2.32. The Hall–Kier alpha value is -0.830. The van der Waals surface area contributed by atoms with Crippen molar-refractivity contribution in [2.45, 2.75) is 26.3 Å². The largest absolute Gasteiger partial charge is 0.324 e. The number of hydrogen-bond acceptors (Lipinski definition) is 1. The third-order valence-electron chi connectivity index (χ3n) is 3.28. The van der Waals surface area contributed by atoms with Crippen LogP contribution in [0.25, 0.3) is 0 Å². The average molecular weight is 339 g/mol. The van der Waals surface area contributed by atoms with Crippen LogP contribution in [0.2, 0.25) is 5.02 Å². The standard InChI is InChI=1S/C16H17BrClN/c1-10-3-4-12(15(18)7-10)9-16(19)14-6-5-13(17)8-11(14)2/h3-8,16H,9,19H2,1-2H3. The van der Waals surface area contributed by atoms with Gasteiger partial charge >= 0.3 is 0 Å². The van der Waals surface area contributed by atoms with Crippen molar-refractivity contribution in [1.82, 2.24) is 0 Å². The van der Waals surface area contributed by atoms with Crippen LogP contribution in [0, 0.1) is 13.8 Å². The van der Waals surface area contributed by atoms with Crippen molar-refractivity contribution in [3.63, 3.8) is 0 Å². The van der Waals surface area contributed by atoms with Crippen LogP contribution in [0.3, 0.4) is 0 Å². The van der Waals surface area contributed by atoms with Gasteiger partial charge in [-0.1, -0.05) is 45.7 Å². The second-order valence-corrected chi connectivity index (χ2v) is 6.23. The van der Waals surface area contributed by atoms with Crippen molar-refractivity contribution >= 4 is 27.5 Å². The van der Waals surface area contributed by atoms with Crippen LogP contribution in [-0.2, 0) is 6.42 Å². The summed E-state index contributed by atoms with van der Waals surface area (Å²) in [5, 5.41) is 0.796. The maximum atomic E-state index is 6.31. The summed E-state index contributed by atoms with van der Waals surface area (Å²) < 4.78 is 1.08. The molecule has 0 amide bonds. The molecule has 0 aromatic heterocycles. The summed E-state index contributed by atoms with van der Waals surface area (Å²) in [5.74, 6) is 0. The molecule has 0 heterocycles. The first-order valence-corrected chi connectivity index (χ1v) is 7.41. The lowest BCUT2D eigenvalue weighted by atomic mass is 9.96. The van der Waals surface area contributed by atoms with Crippen LogP contribution in [0.1, 0.15) is 28.3 Å². The smallest absolute Gasteiger partial charge is 0.0441 e. The first-order valence-electron chi connectivity index (χ1n) is 6.24. The number of halogens is 2. The van der Waals surface area contributed by atoms with E-state index in [4.69, 9.17) is 17.3 Å². The lowest BCUT2D eigenvalue weighted by Gasteiger charge is -2.16. The molecule has 0 radical (unpaired) electrons. The molecule has 0 aliphatic heterocycles. The molecule has 19 heavy (non-hydrogen) atoms. The van der Waals surface area contributed by atoms with Crippen LogP contribution >= 0.6 is 27.5 Å². The van der Waals surface area contributed by atoms with Gasteiger partial charge in [0.05, 0.1) is 0 Å². The second kappa shape index (κ2) is 6.08. The molecule has 2 N–H and O–H groups in total. The Labute approximate surface area is 127 Å². The lowest BCUT2D eigenvalue weighted by Crippen LogP contribution is -2.15. The van der Waals surface area contributed by atoms with E-state index >= 15 is 0 Å². The first kappa shape index (κ1) is 14.6. The molecule has 1 atom stereocenters. The maximum Gasteiger partial charge on any atom is 0.0441 e. The van der Waals surface area contributed by atoms with E-state index in [0.29, 0.717) is 0 Å². The molecular weight excluding hydrogens is 322 g/mol. The van der Waals surface area contributed by atoms with Crippen molar-refractivity contribution in [2.75, 3.05) is 0 Å². The zero-order chi connectivity index (χ0) is 14.0. The molecule has 0 aliphatic carbocycles. The van der Waals surface area contributed by atoms with Crippen molar-refractivity contribution in [3.8, 4) is 0 Å². The van der Waals surface area contributed by atoms with E-state index in [-0.39, 0.29) is 6.04 Å². The van der Waals surface area contributed by atoms with E-state index in [2.05, 4.69) is 47.1 Å². The van der Waals surface area contributed by atoms with Gasteiger partial charge in [0, 0.05) is 15.5 Å². The molecule has 1 nitrogen and oxygen atoms in total. The van der Waals surface area contributed by atoms with Gasteiger partial charge in [-0.3, -0.25) is 0 Å². The van der Waals surface area contributed by atoms with E-state index < -0.39 is 0 Å². The van der Waals surface area contributed by atoms with Gasteiger partial charge in [-0.2, -0.15) is 0 Å². The highest BCUT2D eigenvalue weighted by Crippen LogP contribution is 2.26. The highest BCUT2D eigenvalue weighted by molar-refractivity contribution is 9.10. The van der Waals surface area contributed by atoms with Crippen LogP contribution in [0.5, 0.6) is 0 Å². The quantitative estimate of drug-likeness (QED) is 0.841. The Morgan fingerprint density at radius 3 is 2.53 bits per heavy atom. The van der Waals surface area contributed by atoms with Crippen LogP contribution in [-0.4, -0.2) is 0 Å². The predicted molar refractivity (Wildman–Crippen MR) is 85.7 cm³/mol. The lowest BCUT2D eigenvalue weighted by molar-refractivity contribution is 0.716. The van der Waals surface area contributed by atoms with Crippen molar-refractivity contribution in [1.29, 1.82) is 0 Å². The summed E-state index contributed by atoms with van der Waals surface area (Å²) in [5.41, 5.74) is 10.9. The molecule has 0 spiro atoms. The Kier molecular flexibility index (Phi) is 4.67. The summed E-state index contributed by atoms with van der Waals surface area (Å²) in [6.07, 6.45) is 0.752. The fourth-order valence-electron chi connectivity index (χ4n) is 2.22. The monoisotopic (exact) mass is 337 g/mol. The zero-order valence-corrected chi connectivity index (χ0v) is 13.4. The summed E-state index contributed by atoms with van der Waals surface area (Å²) in [6, 6.07) is 12.3. The summed E-state index contributed by atoms with van der Waals surface area (Å²) in [4.78, 5) is 0. The Balaban J connectivity index is 2.23. The van der Waals surface area contributed by atoms with Gasteiger partial charge < -0.3 is 5.73 Å². The van der Waals surface area contributed by atoms with Crippen molar-refractivity contribution in [2.24, 2.45) is 5.73 Å². The topological polar surface area (TPSA) is 26.0 Å². The second-order valence-electron chi connectivity index (χ2n) is 4.91. The van der Waals surface area contributed by atoms with Crippen LogP contribution in [0.4, 0.5) is 0 Å². The maximum absolute atomic E-state index is 6.31. The minimum atomic E-state index is -0.0340. The van der Waals surface area contributed by atoms with Gasteiger partial charge in [-0.15, -0.1) is 0 Å². The first-order chi connectivity index (χ1) is 8.97. The zero-order valence-electron chi connectivity index (χ0n) is 11.1. The molecule has 2 rings (SSSR count). The number of nitrogens with two attached hydrogens (primary N) is 1.